The van der Waals surface area contributed by atoms with E-state index in [1.165, 1.54) is 22.5 Å². The van der Waals surface area contributed by atoms with Crippen LogP contribution in [0.3, 0.4) is 0 Å². The van der Waals surface area contributed by atoms with Gasteiger partial charge >= 0.3 is 0 Å². The SMILES string of the molecule is CCN(CC)S(=O)(=O)c1ccc(C(C)NC(=O)C(C)N=C2NS(=O)(=O)c3ccccc32)cc1. The van der Waals surface area contributed by atoms with Crippen LogP contribution in [0.4, 0.5) is 0 Å². The molecule has 2 aromatic rings. The lowest BCUT2D eigenvalue weighted by atomic mass is 10.1. The molecular formula is C22H28N4O5S2. The molecule has 33 heavy (non-hydrogen) atoms. The van der Waals surface area contributed by atoms with Crippen molar-refractivity contribution in [2.75, 3.05) is 13.1 Å². The minimum absolute atomic E-state index is 0.129. The summed E-state index contributed by atoms with van der Waals surface area (Å²) in [5.74, 6) is -0.259. The van der Waals surface area contributed by atoms with Gasteiger partial charge in [0, 0.05) is 18.7 Å². The molecule has 0 bridgehead atoms. The second-order valence-corrected chi connectivity index (χ2v) is 11.2. The van der Waals surface area contributed by atoms with E-state index in [4.69, 9.17) is 0 Å². The van der Waals surface area contributed by atoms with Crippen LogP contribution in [0.5, 0.6) is 0 Å². The van der Waals surface area contributed by atoms with Gasteiger partial charge in [-0.3, -0.25) is 14.5 Å². The fourth-order valence-corrected chi connectivity index (χ4v) is 6.24. The summed E-state index contributed by atoms with van der Waals surface area (Å²) in [4.78, 5) is 17.3. The number of amides is 1. The Morgan fingerprint density at radius 1 is 1.06 bits per heavy atom. The third-order valence-electron chi connectivity index (χ3n) is 5.45. The first-order valence-electron chi connectivity index (χ1n) is 10.6. The van der Waals surface area contributed by atoms with Crippen LogP contribution in [0.15, 0.2) is 63.3 Å². The van der Waals surface area contributed by atoms with Gasteiger partial charge < -0.3 is 5.32 Å². The Kier molecular flexibility index (Phi) is 7.25. The van der Waals surface area contributed by atoms with Gasteiger partial charge in [0.1, 0.15) is 11.9 Å². The van der Waals surface area contributed by atoms with E-state index >= 15 is 0 Å². The van der Waals surface area contributed by atoms with Gasteiger partial charge in [-0.15, -0.1) is 0 Å². The van der Waals surface area contributed by atoms with Gasteiger partial charge in [0.05, 0.1) is 15.8 Å². The monoisotopic (exact) mass is 492 g/mol. The highest BCUT2D eigenvalue weighted by molar-refractivity contribution is 7.90. The summed E-state index contributed by atoms with van der Waals surface area (Å²) in [7, 11) is -7.24. The van der Waals surface area contributed by atoms with Crippen LogP contribution in [0.2, 0.25) is 0 Å². The van der Waals surface area contributed by atoms with Crippen molar-refractivity contribution in [3.8, 4) is 0 Å². The highest BCUT2D eigenvalue weighted by Crippen LogP contribution is 2.23. The van der Waals surface area contributed by atoms with Gasteiger partial charge in [0.2, 0.25) is 15.9 Å². The molecule has 1 aliphatic rings. The third kappa shape index (κ3) is 5.10. The molecule has 178 valence electrons. The van der Waals surface area contributed by atoms with Crippen molar-refractivity contribution < 1.29 is 21.6 Å². The number of aliphatic imine (C=N–C) groups is 1. The van der Waals surface area contributed by atoms with Gasteiger partial charge in [0.25, 0.3) is 10.0 Å². The molecule has 0 saturated carbocycles. The van der Waals surface area contributed by atoms with E-state index in [0.717, 1.165) is 5.56 Å². The Morgan fingerprint density at radius 3 is 2.27 bits per heavy atom. The zero-order valence-corrected chi connectivity index (χ0v) is 20.6. The van der Waals surface area contributed by atoms with E-state index in [1.807, 2.05) is 0 Å². The maximum absolute atomic E-state index is 12.7. The van der Waals surface area contributed by atoms with Gasteiger partial charge in [0.15, 0.2) is 0 Å². The van der Waals surface area contributed by atoms with Crippen molar-refractivity contribution in [2.45, 2.75) is 49.6 Å². The number of hydrogen-bond donors (Lipinski definition) is 2. The number of carbonyl (C=O) groups excluding carboxylic acids is 1. The first-order chi connectivity index (χ1) is 15.5. The molecule has 1 aliphatic heterocycles. The molecule has 0 spiro atoms. The number of hydrogen-bond acceptors (Lipinski definition) is 6. The average molecular weight is 493 g/mol. The first kappa shape index (κ1) is 24.9. The van der Waals surface area contributed by atoms with Crippen molar-refractivity contribution in [1.29, 1.82) is 0 Å². The molecule has 2 atom stereocenters. The summed E-state index contributed by atoms with van der Waals surface area (Å²) in [6.45, 7) is 7.69. The van der Waals surface area contributed by atoms with Crippen molar-refractivity contribution in [1.82, 2.24) is 14.3 Å². The van der Waals surface area contributed by atoms with E-state index in [9.17, 15) is 21.6 Å². The number of nitrogens with one attached hydrogen (secondary N) is 2. The molecule has 1 amide bonds. The molecule has 3 rings (SSSR count). The van der Waals surface area contributed by atoms with Crippen molar-refractivity contribution >= 4 is 31.8 Å². The predicted octanol–water partition coefficient (Wildman–Crippen LogP) is 2.02. The second kappa shape index (κ2) is 9.62. The van der Waals surface area contributed by atoms with Crippen molar-refractivity contribution in [2.24, 2.45) is 4.99 Å². The van der Waals surface area contributed by atoms with E-state index < -0.39 is 38.0 Å². The summed E-state index contributed by atoms with van der Waals surface area (Å²) in [5, 5.41) is 2.83. The van der Waals surface area contributed by atoms with E-state index in [1.54, 1.807) is 58.0 Å². The molecule has 2 aromatic carbocycles. The molecule has 1 heterocycles. The zero-order chi connectivity index (χ0) is 24.4. The summed E-state index contributed by atoms with van der Waals surface area (Å²) < 4.78 is 53.5. The van der Waals surface area contributed by atoms with E-state index in [-0.39, 0.29) is 15.6 Å². The number of fused-ring (bicyclic) bond motifs is 1. The fourth-order valence-electron chi connectivity index (χ4n) is 3.54. The number of sulfonamides is 2. The zero-order valence-electron chi connectivity index (χ0n) is 18.9. The standard InChI is InChI=1S/C22H28N4O5S2/c1-5-26(6-2)33(30,31)18-13-11-17(12-14-18)15(3)24-22(27)16(4)23-21-19-9-7-8-10-20(19)32(28,29)25-21/h7-16H,5-6H2,1-4H3,(H,23,25)(H,24,27). The molecule has 0 aliphatic carbocycles. The quantitative estimate of drug-likeness (QED) is 0.583. The number of amidine groups is 1. The van der Waals surface area contributed by atoms with E-state index in [0.29, 0.717) is 18.7 Å². The van der Waals surface area contributed by atoms with Crippen LogP contribution in [-0.4, -0.2) is 52.0 Å². The van der Waals surface area contributed by atoms with Gasteiger partial charge in [-0.25, -0.2) is 16.8 Å². The van der Waals surface area contributed by atoms with Crippen LogP contribution in [0.1, 0.15) is 44.9 Å². The van der Waals surface area contributed by atoms with Crippen LogP contribution >= 0.6 is 0 Å². The Balaban J connectivity index is 1.72. The lowest BCUT2D eigenvalue weighted by molar-refractivity contribution is -0.122. The molecule has 0 saturated heterocycles. The Hall–Kier alpha value is -2.76. The van der Waals surface area contributed by atoms with Crippen molar-refractivity contribution in [3.63, 3.8) is 0 Å². The second-order valence-electron chi connectivity index (χ2n) is 7.64. The lowest BCUT2D eigenvalue weighted by Crippen LogP contribution is -2.35. The fraction of sp³-hybridized carbons (Fsp3) is 0.364. The highest BCUT2D eigenvalue weighted by Gasteiger charge is 2.31. The minimum Gasteiger partial charge on any atom is -0.348 e. The molecule has 2 unspecified atom stereocenters. The average Bonchev–Trinajstić information content (AvgIpc) is 3.04. The van der Waals surface area contributed by atoms with Crippen LogP contribution < -0.4 is 10.0 Å². The molecule has 11 heteroatoms. The largest absolute Gasteiger partial charge is 0.348 e. The van der Waals surface area contributed by atoms with E-state index in [2.05, 4.69) is 15.0 Å². The van der Waals surface area contributed by atoms with Crippen LogP contribution in [0, 0.1) is 0 Å². The Bertz CT molecular complexity index is 1270. The normalized spacial score (nSPS) is 17.9. The molecule has 0 fully saturated rings. The van der Waals surface area contributed by atoms with Crippen molar-refractivity contribution in [3.05, 3.63) is 59.7 Å². The summed E-state index contributed by atoms with van der Waals surface area (Å²) >= 11 is 0. The summed E-state index contributed by atoms with van der Waals surface area (Å²) in [6, 6.07) is 11.6. The predicted molar refractivity (Wildman–Crippen MR) is 126 cm³/mol. The topological polar surface area (TPSA) is 125 Å². The van der Waals surface area contributed by atoms with Gasteiger partial charge in [-0.05, 0) is 43.7 Å². The third-order valence-corrected chi connectivity index (χ3v) is 8.91. The Morgan fingerprint density at radius 2 is 1.67 bits per heavy atom. The molecule has 9 nitrogen and oxygen atoms in total. The molecule has 2 N–H and O–H groups in total. The lowest BCUT2D eigenvalue weighted by Gasteiger charge is -2.20. The number of benzene rings is 2. The molecule has 0 aromatic heterocycles. The highest BCUT2D eigenvalue weighted by atomic mass is 32.2. The number of carbonyl (C=O) groups is 1. The summed E-state index contributed by atoms with van der Waals surface area (Å²) in [5.41, 5.74) is 1.16. The first-order valence-corrected chi connectivity index (χ1v) is 13.5. The number of nitrogens with zero attached hydrogens (tertiary/aromatic N) is 2. The Labute approximate surface area is 195 Å². The van der Waals surface area contributed by atoms with Crippen LogP contribution in [0.25, 0.3) is 0 Å². The maximum Gasteiger partial charge on any atom is 0.263 e. The van der Waals surface area contributed by atoms with Gasteiger partial charge in [-0.2, -0.15) is 4.31 Å². The smallest absolute Gasteiger partial charge is 0.263 e. The molecule has 0 radical (unpaired) electrons. The maximum atomic E-state index is 12.7. The molecular weight excluding hydrogens is 464 g/mol. The van der Waals surface area contributed by atoms with Crippen LogP contribution in [-0.2, 0) is 24.8 Å². The number of rotatable bonds is 8. The summed E-state index contributed by atoms with van der Waals surface area (Å²) in [6.07, 6.45) is 0. The van der Waals surface area contributed by atoms with Gasteiger partial charge in [-0.1, -0.05) is 38.1 Å². The minimum atomic E-state index is -3.68.